The van der Waals surface area contributed by atoms with E-state index in [9.17, 15) is 31.1 Å². The van der Waals surface area contributed by atoms with Gasteiger partial charge in [0.25, 0.3) is 0 Å². The highest BCUT2D eigenvalue weighted by Gasteiger charge is 2.39. The largest absolute Gasteiger partial charge is 0.433 e. The van der Waals surface area contributed by atoms with E-state index in [0.29, 0.717) is 23.2 Å². The smallest absolute Gasteiger partial charge is 0.426 e. The van der Waals surface area contributed by atoms with Crippen LogP contribution in [0.2, 0.25) is 0 Å². The van der Waals surface area contributed by atoms with Crippen LogP contribution >= 0.6 is 0 Å². The Bertz CT molecular complexity index is 861. The average Bonchev–Trinajstić information content (AvgIpc) is 2.56. The molecular weight excluding hydrogens is 392 g/mol. The number of nitrogens with two attached hydrogens (primary N) is 1. The van der Waals surface area contributed by atoms with Gasteiger partial charge in [0.1, 0.15) is 29.4 Å². The molecule has 2 rings (SSSR count). The zero-order valence-electron chi connectivity index (χ0n) is 14.7. The number of rotatable bonds is 4. The SMILES string of the molecule is CCc1c(OC(=O)Cc2nc(C(F)(F)F)cc(C(F)(F)F)n2)ccc(N)c1C. The molecular formula is C17H15F6N3O2. The van der Waals surface area contributed by atoms with E-state index in [1.54, 1.807) is 13.8 Å². The third-order valence-electron chi connectivity index (χ3n) is 3.83. The third-order valence-corrected chi connectivity index (χ3v) is 3.83. The lowest BCUT2D eigenvalue weighted by molar-refractivity contribution is -0.148. The monoisotopic (exact) mass is 407 g/mol. The Morgan fingerprint density at radius 2 is 1.61 bits per heavy atom. The molecule has 0 bridgehead atoms. The van der Waals surface area contributed by atoms with Crippen LogP contribution in [0.3, 0.4) is 0 Å². The molecule has 2 N–H and O–H groups in total. The molecule has 2 aromatic rings. The van der Waals surface area contributed by atoms with Gasteiger partial charge < -0.3 is 10.5 Å². The minimum atomic E-state index is -5.13. The fraction of sp³-hybridized carbons (Fsp3) is 0.353. The quantitative estimate of drug-likeness (QED) is 0.357. The summed E-state index contributed by atoms with van der Waals surface area (Å²) in [6, 6.07) is 2.65. The molecule has 0 atom stereocenters. The number of alkyl halides is 6. The Morgan fingerprint density at radius 3 is 2.07 bits per heavy atom. The molecule has 0 spiro atoms. The van der Waals surface area contributed by atoms with Gasteiger partial charge in [0.2, 0.25) is 0 Å². The molecule has 0 aliphatic rings. The van der Waals surface area contributed by atoms with E-state index in [1.165, 1.54) is 12.1 Å². The van der Waals surface area contributed by atoms with Gasteiger partial charge in [-0.05, 0) is 42.7 Å². The molecule has 0 fully saturated rings. The molecule has 5 nitrogen and oxygen atoms in total. The molecule has 11 heteroatoms. The van der Waals surface area contributed by atoms with E-state index < -0.39 is 42.0 Å². The van der Waals surface area contributed by atoms with E-state index in [-0.39, 0.29) is 11.8 Å². The van der Waals surface area contributed by atoms with E-state index >= 15 is 0 Å². The fourth-order valence-electron chi connectivity index (χ4n) is 2.44. The van der Waals surface area contributed by atoms with E-state index in [0.717, 1.165) is 0 Å². The van der Waals surface area contributed by atoms with Crippen molar-refractivity contribution in [2.75, 3.05) is 5.73 Å². The normalized spacial score (nSPS) is 12.1. The van der Waals surface area contributed by atoms with Crippen molar-refractivity contribution < 1.29 is 35.9 Å². The number of halogens is 6. The van der Waals surface area contributed by atoms with Gasteiger partial charge in [-0.15, -0.1) is 0 Å². The number of esters is 1. The second-order valence-corrected chi connectivity index (χ2v) is 5.81. The van der Waals surface area contributed by atoms with Crippen LogP contribution in [-0.2, 0) is 30.0 Å². The van der Waals surface area contributed by atoms with Crippen LogP contribution in [0.4, 0.5) is 32.0 Å². The number of carbonyl (C=O) groups excluding carboxylic acids is 1. The first kappa shape index (κ1) is 21.5. The Morgan fingerprint density at radius 1 is 1.07 bits per heavy atom. The van der Waals surface area contributed by atoms with Crippen LogP contribution < -0.4 is 10.5 Å². The van der Waals surface area contributed by atoms with Crippen molar-refractivity contribution in [2.24, 2.45) is 0 Å². The Balaban J connectivity index is 2.33. The zero-order chi connectivity index (χ0) is 21.3. The molecule has 1 heterocycles. The molecule has 152 valence electrons. The molecule has 0 radical (unpaired) electrons. The van der Waals surface area contributed by atoms with Gasteiger partial charge in [0, 0.05) is 5.69 Å². The fourth-order valence-corrected chi connectivity index (χ4v) is 2.44. The van der Waals surface area contributed by atoms with E-state index in [4.69, 9.17) is 10.5 Å². The molecule has 0 saturated carbocycles. The van der Waals surface area contributed by atoms with Crippen molar-refractivity contribution in [1.29, 1.82) is 0 Å². The highest BCUT2D eigenvalue weighted by Crippen LogP contribution is 2.33. The molecule has 1 aromatic carbocycles. The summed E-state index contributed by atoms with van der Waals surface area (Å²) in [5.41, 5.74) is 3.87. The first-order valence-electron chi connectivity index (χ1n) is 7.94. The number of hydrogen-bond donors (Lipinski definition) is 1. The predicted octanol–water partition coefficient (Wildman–Crippen LogP) is 4.12. The topological polar surface area (TPSA) is 78.1 Å². The van der Waals surface area contributed by atoms with Gasteiger partial charge in [-0.1, -0.05) is 6.92 Å². The Labute approximate surface area is 155 Å². The van der Waals surface area contributed by atoms with Crippen LogP contribution in [0.1, 0.15) is 35.3 Å². The maximum Gasteiger partial charge on any atom is 0.433 e. The summed E-state index contributed by atoms with van der Waals surface area (Å²) in [6.45, 7) is 3.46. The van der Waals surface area contributed by atoms with Gasteiger partial charge >= 0.3 is 18.3 Å². The summed E-state index contributed by atoms with van der Waals surface area (Å²) in [7, 11) is 0. The number of carbonyl (C=O) groups is 1. The summed E-state index contributed by atoms with van der Waals surface area (Å²) in [6.07, 6.45) is -10.8. The van der Waals surface area contributed by atoms with Crippen LogP contribution in [0, 0.1) is 6.92 Å². The minimum absolute atomic E-state index is 0.113. The summed E-state index contributed by atoms with van der Waals surface area (Å²) >= 11 is 0. The zero-order valence-corrected chi connectivity index (χ0v) is 14.7. The second kappa shape index (κ2) is 7.64. The van der Waals surface area contributed by atoms with Gasteiger partial charge in [0.15, 0.2) is 0 Å². The van der Waals surface area contributed by atoms with Crippen molar-refractivity contribution in [3.8, 4) is 5.75 Å². The molecule has 0 saturated heterocycles. The molecule has 28 heavy (non-hydrogen) atoms. The van der Waals surface area contributed by atoms with Gasteiger partial charge in [-0.25, -0.2) is 9.97 Å². The van der Waals surface area contributed by atoms with Crippen LogP contribution in [0.5, 0.6) is 5.75 Å². The number of anilines is 1. The first-order chi connectivity index (χ1) is 12.8. The second-order valence-electron chi connectivity index (χ2n) is 5.81. The standard InChI is InChI=1S/C17H15F6N3O2/c1-3-9-8(2)10(24)4-5-11(9)28-15(27)7-14-25-12(16(18,19)20)6-13(26-14)17(21,22)23/h4-6H,3,7,24H2,1-2H3. The number of nitrogens with zero attached hydrogens (tertiary/aromatic N) is 2. The molecule has 0 aliphatic carbocycles. The van der Waals surface area contributed by atoms with Crippen molar-refractivity contribution in [2.45, 2.75) is 39.0 Å². The lowest BCUT2D eigenvalue weighted by Gasteiger charge is -2.14. The average molecular weight is 407 g/mol. The molecule has 0 aliphatic heterocycles. The van der Waals surface area contributed by atoms with Crippen LogP contribution in [0.15, 0.2) is 18.2 Å². The molecule has 1 aromatic heterocycles. The van der Waals surface area contributed by atoms with Crippen LogP contribution in [-0.4, -0.2) is 15.9 Å². The highest BCUT2D eigenvalue weighted by molar-refractivity contribution is 5.75. The van der Waals surface area contributed by atoms with Gasteiger partial charge in [-0.3, -0.25) is 4.79 Å². The van der Waals surface area contributed by atoms with E-state index in [2.05, 4.69) is 9.97 Å². The molecule has 0 unspecified atom stereocenters. The van der Waals surface area contributed by atoms with Crippen LogP contribution in [0.25, 0.3) is 0 Å². The van der Waals surface area contributed by atoms with Crippen molar-refractivity contribution in [3.05, 3.63) is 46.5 Å². The highest BCUT2D eigenvalue weighted by atomic mass is 19.4. The Hall–Kier alpha value is -2.85. The maximum absolute atomic E-state index is 12.8. The molecule has 0 amide bonds. The van der Waals surface area contributed by atoms with Crippen molar-refractivity contribution >= 4 is 11.7 Å². The van der Waals surface area contributed by atoms with Gasteiger partial charge in [0.05, 0.1) is 0 Å². The summed E-state index contributed by atoms with van der Waals surface area (Å²) < 4.78 is 82.0. The number of nitrogen functional groups attached to an aromatic ring is 1. The van der Waals surface area contributed by atoms with Crippen molar-refractivity contribution in [1.82, 2.24) is 9.97 Å². The minimum Gasteiger partial charge on any atom is -0.426 e. The number of benzene rings is 1. The number of hydrogen-bond acceptors (Lipinski definition) is 5. The predicted molar refractivity (Wildman–Crippen MR) is 86.3 cm³/mol. The number of ether oxygens (including phenoxy) is 1. The first-order valence-corrected chi connectivity index (χ1v) is 7.94. The summed E-state index contributed by atoms with van der Waals surface area (Å²) in [5, 5.41) is 0. The van der Waals surface area contributed by atoms with E-state index in [1.807, 2.05) is 0 Å². The number of aromatic nitrogens is 2. The summed E-state index contributed by atoms with van der Waals surface area (Å²) in [5.74, 6) is -1.94. The lowest BCUT2D eigenvalue weighted by atomic mass is 10.0. The maximum atomic E-state index is 12.8. The Kier molecular flexibility index (Phi) is 5.86. The summed E-state index contributed by atoms with van der Waals surface area (Å²) in [4.78, 5) is 18.1. The lowest BCUT2D eigenvalue weighted by Crippen LogP contribution is -2.20. The third kappa shape index (κ3) is 4.90. The van der Waals surface area contributed by atoms with Crippen molar-refractivity contribution in [3.63, 3.8) is 0 Å². The van der Waals surface area contributed by atoms with Gasteiger partial charge in [-0.2, -0.15) is 26.3 Å².